The largest absolute Gasteiger partial charge is 0.483 e. The number of hydrogen-bond donors (Lipinski definition) is 1. The normalized spacial score (nSPS) is 10.7. The zero-order valence-corrected chi connectivity index (χ0v) is 17.9. The van der Waals surface area contributed by atoms with E-state index in [1.807, 2.05) is 42.5 Å². The van der Waals surface area contributed by atoms with Crippen LogP contribution >= 0.6 is 11.8 Å². The molecule has 8 nitrogen and oxygen atoms in total. The van der Waals surface area contributed by atoms with Crippen LogP contribution in [0, 0.1) is 0 Å². The molecule has 1 aromatic heterocycles. The van der Waals surface area contributed by atoms with Crippen LogP contribution in [0.1, 0.15) is 16.2 Å². The van der Waals surface area contributed by atoms with Gasteiger partial charge in [0.1, 0.15) is 5.75 Å². The van der Waals surface area contributed by atoms with E-state index < -0.39 is 5.97 Å². The highest BCUT2D eigenvalue weighted by Gasteiger charge is 2.12. The minimum Gasteiger partial charge on any atom is -0.483 e. The molecular formula is C23H19N3O5S. The van der Waals surface area contributed by atoms with Crippen LogP contribution in [-0.2, 0) is 16.1 Å². The predicted molar refractivity (Wildman–Crippen MR) is 120 cm³/mol. The van der Waals surface area contributed by atoms with Gasteiger partial charge in [-0.15, -0.1) is 10.2 Å². The highest BCUT2D eigenvalue weighted by Crippen LogP contribution is 2.26. The first-order valence-corrected chi connectivity index (χ1v) is 10.6. The summed E-state index contributed by atoms with van der Waals surface area (Å²) in [7, 11) is 1.31. The average molecular weight is 449 g/mol. The van der Waals surface area contributed by atoms with E-state index in [0.29, 0.717) is 17.1 Å². The number of esters is 1. The quantitative estimate of drug-likeness (QED) is 0.313. The lowest BCUT2D eigenvalue weighted by Gasteiger charge is -2.07. The molecule has 0 aliphatic carbocycles. The standard InChI is InChI=1S/C23H19N3O5S/c1-29-22(28)16-9-11-17(12-10-16)24-20(27)14-32-23-26-25-21(31-23)13-30-19-8-4-6-15-5-2-3-7-18(15)19/h2-12H,13-14H2,1H3,(H,24,27). The molecule has 0 saturated heterocycles. The van der Waals surface area contributed by atoms with Crippen molar-refractivity contribution in [2.45, 2.75) is 11.8 Å². The van der Waals surface area contributed by atoms with Gasteiger partial charge in [0.2, 0.25) is 5.91 Å². The molecule has 0 atom stereocenters. The molecule has 0 bridgehead atoms. The third-order valence-electron chi connectivity index (χ3n) is 4.47. The monoisotopic (exact) mass is 449 g/mol. The molecule has 4 rings (SSSR count). The number of carbonyl (C=O) groups excluding carboxylic acids is 2. The van der Waals surface area contributed by atoms with E-state index in [0.717, 1.165) is 28.3 Å². The molecule has 1 heterocycles. The van der Waals surface area contributed by atoms with Crippen molar-refractivity contribution in [3.63, 3.8) is 0 Å². The minimum atomic E-state index is -0.435. The molecule has 0 radical (unpaired) electrons. The van der Waals surface area contributed by atoms with Crippen LogP contribution in [0.3, 0.4) is 0 Å². The maximum Gasteiger partial charge on any atom is 0.337 e. The van der Waals surface area contributed by atoms with Crippen molar-refractivity contribution in [3.8, 4) is 5.75 Å². The van der Waals surface area contributed by atoms with Crippen molar-refractivity contribution < 1.29 is 23.5 Å². The molecule has 3 aromatic carbocycles. The number of methoxy groups -OCH3 is 1. The number of amides is 1. The Morgan fingerprint density at radius 3 is 2.59 bits per heavy atom. The van der Waals surface area contributed by atoms with Gasteiger partial charge in [0.05, 0.1) is 18.4 Å². The maximum atomic E-state index is 12.2. The molecular weight excluding hydrogens is 430 g/mol. The number of ether oxygens (including phenoxy) is 2. The molecule has 1 N–H and O–H groups in total. The molecule has 0 unspecified atom stereocenters. The van der Waals surface area contributed by atoms with Crippen molar-refractivity contribution in [2.75, 3.05) is 18.2 Å². The number of benzene rings is 3. The molecule has 0 spiro atoms. The Balaban J connectivity index is 1.28. The lowest BCUT2D eigenvalue weighted by Crippen LogP contribution is -2.14. The van der Waals surface area contributed by atoms with Gasteiger partial charge in [-0.05, 0) is 35.7 Å². The average Bonchev–Trinajstić information content (AvgIpc) is 3.29. The first-order chi connectivity index (χ1) is 15.6. The highest BCUT2D eigenvalue weighted by atomic mass is 32.2. The smallest absolute Gasteiger partial charge is 0.337 e. The topological polar surface area (TPSA) is 104 Å². The number of rotatable bonds is 8. The van der Waals surface area contributed by atoms with Crippen molar-refractivity contribution in [3.05, 3.63) is 78.2 Å². The number of fused-ring (bicyclic) bond motifs is 1. The van der Waals surface area contributed by atoms with Crippen molar-refractivity contribution in [1.29, 1.82) is 0 Å². The number of nitrogens with one attached hydrogen (secondary N) is 1. The summed E-state index contributed by atoms with van der Waals surface area (Å²) in [6.07, 6.45) is 0. The van der Waals surface area contributed by atoms with E-state index >= 15 is 0 Å². The summed E-state index contributed by atoms with van der Waals surface area (Å²) >= 11 is 1.12. The molecule has 0 aliphatic heterocycles. The van der Waals surface area contributed by atoms with E-state index in [1.54, 1.807) is 24.3 Å². The van der Waals surface area contributed by atoms with Gasteiger partial charge in [-0.1, -0.05) is 48.2 Å². The Hall–Kier alpha value is -3.85. The van der Waals surface area contributed by atoms with Crippen molar-refractivity contribution in [1.82, 2.24) is 10.2 Å². The van der Waals surface area contributed by atoms with Gasteiger partial charge in [0, 0.05) is 11.1 Å². The number of anilines is 1. The van der Waals surface area contributed by atoms with Gasteiger partial charge < -0.3 is 19.2 Å². The summed E-state index contributed by atoms with van der Waals surface area (Å²) < 4.78 is 16.0. The van der Waals surface area contributed by atoms with Crippen LogP contribution in [0.4, 0.5) is 5.69 Å². The van der Waals surface area contributed by atoms with Crippen LogP contribution in [0.25, 0.3) is 10.8 Å². The fraction of sp³-hybridized carbons (Fsp3) is 0.130. The summed E-state index contributed by atoms with van der Waals surface area (Å²) in [5.74, 6) is 0.458. The molecule has 4 aromatic rings. The van der Waals surface area contributed by atoms with Gasteiger partial charge in [-0.25, -0.2) is 4.79 Å². The lowest BCUT2D eigenvalue weighted by atomic mass is 10.1. The van der Waals surface area contributed by atoms with Crippen molar-refractivity contribution in [2.24, 2.45) is 0 Å². The van der Waals surface area contributed by atoms with Gasteiger partial charge in [0.15, 0.2) is 6.61 Å². The third kappa shape index (κ3) is 5.25. The second-order valence-electron chi connectivity index (χ2n) is 6.63. The fourth-order valence-corrected chi connectivity index (χ4v) is 3.53. The lowest BCUT2D eigenvalue weighted by molar-refractivity contribution is -0.113. The van der Waals surface area contributed by atoms with Gasteiger partial charge in [-0.3, -0.25) is 4.79 Å². The zero-order valence-electron chi connectivity index (χ0n) is 17.1. The summed E-state index contributed by atoms with van der Waals surface area (Å²) in [6, 6.07) is 20.2. The maximum absolute atomic E-state index is 12.2. The van der Waals surface area contributed by atoms with E-state index in [4.69, 9.17) is 9.15 Å². The molecule has 0 fully saturated rings. The molecule has 32 heavy (non-hydrogen) atoms. The SMILES string of the molecule is COC(=O)c1ccc(NC(=O)CSc2nnc(COc3cccc4ccccc34)o2)cc1. The summed E-state index contributed by atoms with van der Waals surface area (Å²) in [6.45, 7) is 0.125. The first-order valence-electron chi connectivity index (χ1n) is 9.66. The minimum absolute atomic E-state index is 0.0879. The fourth-order valence-electron chi connectivity index (χ4n) is 2.95. The number of carbonyl (C=O) groups is 2. The van der Waals surface area contributed by atoms with Crippen LogP contribution in [-0.4, -0.2) is 34.9 Å². The van der Waals surface area contributed by atoms with Gasteiger partial charge in [-0.2, -0.15) is 0 Å². The number of hydrogen-bond acceptors (Lipinski definition) is 8. The zero-order chi connectivity index (χ0) is 22.3. The van der Waals surface area contributed by atoms with E-state index in [1.165, 1.54) is 7.11 Å². The number of thioether (sulfide) groups is 1. The number of nitrogens with zero attached hydrogens (tertiary/aromatic N) is 2. The molecule has 9 heteroatoms. The van der Waals surface area contributed by atoms with Crippen molar-refractivity contribution >= 4 is 40.1 Å². The summed E-state index contributed by atoms with van der Waals surface area (Å²) in [4.78, 5) is 23.6. The third-order valence-corrected chi connectivity index (χ3v) is 5.28. The summed E-state index contributed by atoms with van der Waals surface area (Å²) in [5.41, 5.74) is 0.974. The second-order valence-corrected chi connectivity index (χ2v) is 7.56. The summed E-state index contributed by atoms with van der Waals surface area (Å²) in [5, 5.41) is 13.0. The van der Waals surface area contributed by atoms with Crippen LogP contribution in [0.2, 0.25) is 0 Å². The first kappa shape index (κ1) is 21.4. The number of aromatic nitrogens is 2. The Kier molecular flexibility index (Phi) is 6.66. The Bertz CT molecular complexity index is 1230. The van der Waals surface area contributed by atoms with Crippen LogP contribution < -0.4 is 10.1 Å². The molecule has 0 saturated carbocycles. The van der Waals surface area contributed by atoms with Crippen LogP contribution in [0.15, 0.2) is 76.4 Å². The predicted octanol–water partition coefficient (Wildman–Crippen LogP) is 4.32. The molecule has 0 aliphatic rings. The second kappa shape index (κ2) is 9.97. The Labute approximate surface area is 187 Å². The molecule has 1 amide bonds. The van der Waals surface area contributed by atoms with E-state index in [2.05, 4.69) is 20.3 Å². The Morgan fingerprint density at radius 2 is 1.78 bits per heavy atom. The Morgan fingerprint density at radius 1 is 1.00 bits per heavy atom. The highest BCUT2D eigenvalue weighted by molar-refractivity contribution is 7.99. The van der Waals surface area contributed by atoms with Gasteiger partial charge in [0.25, 0.3) is 11.1 Å². The molecule has 162 valence electrons. The van der Waals surface area contributed by atoms with Gasteiger partial charge >= 0.3 is 5.97 Å². The van der Waals surface area contributed by atoms with Crippen LogP contribution in [0.5, 0.6) is 5.75 Å². The van der Waals surface area contributed by atoms with E-state index in [-0.39, 0.29) is 23.5 Å². The van der Waals surface area contributed by atoms with E-state index in [9.17, 15) is 9.59 Å².